The molecule has 2 aromatic carbocycles. The van der Waals surface area contributed by atoms with E-state index in [0.29, 0.717) is 19.6 Å². The van der Waals surface area contributed by atoms with Crippen molar-refractivity contribution in [1.29, 1.82) is 0 Å². The summed E-state index contributed by atoms with van der Waals surface area (Å²) >= 11 is 1.72. The maximum absolute atomic E-state index is 11.7. The van der Waals surface area contributed by atoms with Gasteiger partial charge in [0.25, 0.3) is 0 Å². The first-order chi connectivity index (χ1) is 14.1. The number of imidazole rings is 1. The second-order valence-electron chi connectivity index (χ2n) is 7.50. The summed E-state index contributed by atoms with van der Waals surface area (Å²) in [5, 5.41) is 0. The molecule has 5 nitrogen and oxygen atoms in total. The van der Waals surface area contributed by atoms with E-state index >= 15 is 0 Å². The standard InChI is InChI=1S/C23H25N3O2S/c1-17-25-11-12-26(17)19-5-7-20(8-6-19)29-21-4-2-3-18(15-21)23(16-22(24)27)9-13-28-14-10-23/h2-8,11-12,15H,9-10,13-14,16H2,1H3,(H2,24,27). The van der Waals surface area contributed by atoms with E-state index in [0.717, 1.165) is 29.2 Å². The molecule has 1 fully saturated rings. The predicted molar refractivity (Wildman–Crippen MR) is 114 cm³/mol. The van der Waals surface area contributed by atoms with Gasteiger partial charge in [-0.15, -0.1) is 0 Å². The first-order valence-electron chi connectivity index (χ1n) is 9.81. The molecular weight excluding hydrogens is 382 g/mol. The molecule has 0 atom stereocenters. The molecule has 1 amide bonds. The molecule has 0 spiro atoms. The van der Waals surface area contributed by atoms with E-state index in [2.05, 4.69) is 58.1 Å². The van der Waals surface area contributed by atoms with Gasteiger partial charge in [0.2, 0.25) is 5.91 Å². The lowest BCUT2D eigenvalue weighted by molar-refractivity contribution is -0.120. The summed E-state index contributed by atoms with van der Waals surface area (Å²) < 4.78 is 7.60. The number of carbonyl (C=O) groups excluding carboxylic acids is 1. The largest absolute Gasteiger partial charge is 0.381 e. The number of aryl methyl sites for hydroxylation is 1. The lowest BCUT2D eigenvalue weighted by atomic mass is 9.71. The summed E-state index contributed by atoms with van der Waals surface area (Å²) in [7, 11) is 0. The first-order valence-corrected chi connectivity index (χ1v) is 10.6. The number of hydrogen-bond acceptors (Lipinski definition) is 4. The molecule has 0 aliphatic carbocycles. The van der Waals surface area contributed by atoms with Gasteiger partial charge in [-0.25, -0.2) is 4.98 Å². The summed E-state index contributed by atoms with van der Waals surface area (Å²) in [5.74, 6) is 0.713. The molecule has 0 unspecified atom stereocenters. The van der Waals surface area contributed by atoms with Crippen LogP contribution in [0.1, 0.15) is 30.7 Å². The van der Waals surface area contributed by atoms with Crippen molar-refractivity contribution in [3.05, 3.63) is 72.3 Å². The van der Waals surface area contributed by atoms with Crippen molar-refractivity contribution >= 4 is 17.7 Å². The Balaban J connectivity index is 1.56. The number of benzene rings is 2. The van der Waals surface area contributed by atoms with E-state index in [1.54, 1.807) is 11.8 Å². The zero-order valence-electron chi connectivity index (χ0n) is 16.5. The van der Waals surface area contributed by atoms with Crippen LogP contribution in [0.2, 0.25) is 0 Å². The number of nitrogens with two attached hydrogens (primary N) is 1. The van der Waals surface area contributed by atoms with Crippen LogP contribution in [0.3, 0.4) is 0 Å². The summed E-state index contributed by atoms with van der Waals surface area (Å²) in [5.41, 5.74) is 7.64. The van der Waals surface area contributed by atoms with Crippen LogP contribution >= 0.6 is 11.8 Å². The molecule has 29 heavy (non-hydrogen) atoms. The minimum atomic E-state index is -0.254. The molecule has 2 heterocycles. The van der Waals surface area contributed by atoms with Crippen molar-refractivity contribution in [1.82, 2.24) is 9.55 Å². The molecule has 0 saturated carbocycles. The van der Waals surface area contributed by atoms with E-state index in [-0.39, 0.29) is 11.3 Å². The fraction of sp³-hybridized carbons (Fsp3) is 0.304. The SMILES string of the molecule is Cc1nccn1-c1ccc(Sc2cccc(C3(CC(N)=O)CCOCC3)c2)cc1. The van der Waals surface area contributed by atoms with Gasteiger partial charge < -0.3 is 15.0 Å². The van der Waals surface area contributed by atoms with Crippen LogP contribution in [-0.2, 0) is 14.9 Å². The summed E-state index contributed by atoms with van der Waals surface area (Å²) in [6.07, 6.45) is 5.78. The molecule has 3 aromatic rings. The highest BCUT2D eigenvalue weighted by molar-refractivity contribution is 7.99. The normalized spacial score (nSPS) is 15.9. The van der Waals surface area contributed by atoms with E-state index in [4.69, 9.17) is 10.5 Å². The summed E-state index contributed by atoms with van der Waals surface area (Å²) in [6.45, 7) is 3.33. The van der Waals surface area contributed by atoms with Crippen molar-refractivity contribution in [3.8, 4) is 5.69 Å². The fourth-order valence-corrected chi connectivity index (χ4v) is 4.89. The molecule has 0 bridgehead atoms. The lowest BCUT2D eigenvalue weighted by Gasteiger charge is -2.37. The molecule has 6 heteroatoms. The quantitative estimate of drug-likeness (QED) is 0.663. The third kappa shape index (κ3) is 4.38. The number of ether oxygens (including phenoxy) is 1. The number of nitrogens with zero attached hydrogens (tertiary/aromatic N) is 2. The number of rotatable bonds is 6. The van der Waals surface area contributed by atoms with E-state index in [1.807, 2.05) is 19.3 Å². The predicted octanol–water partition coefficient (Wildman–Crippen LogP) is 4.26. The molecule has 2 N–H and O–H groups in total. The zero-order chi connectivity index (χ0) is 20.3. The van der Waals surface area contributed by atoms with Gasteiger partial charge in [0.05, 0.1) is 0 Å². The Morgan fingerprint density at radius 1 is 1.17 bits per heavy atom. The monoisotopic (exact) mass is 407 g/mol. The fourth-order valence-electron chi connectivity index (χ4n) is 4.01. The second kappa shape index (κ2) is 8.43. The summed E-state index contributed by atoms with van der Waals surface area (Å²) in [6, 6.07) is 17.0. The van der Waals surface area contributed by atoms with Crippen LogP contribution in [-0.4, -0.2) is 28.7 Å². The number of carbonyl (C=O) groups is 1. The minimum absolute atomic E-state index is 0.219. The van der Waals surface area contributed by atoms with Crippen LogP contribution in [0, 0.1) is 6.92 Å². The molecular formula is C23H25N3O2S. The molecule has 4 rings (SSSR count). The van der Waals surface area contributed by atoms with Crippen LogP contribution in [0.25, 0.3) is 5.69 Å². The van der Waals surface area contributed by atoms with E-state index in [1.165, 1.54) is 10.5 Å². The molecule has 1 saturated heterocycles. The van der Waals surface area contributed by atoms with Crippen LogP contribution in [0.5, 0.6) is 0 Å². The average Bonchev–Trinajstić information content (AvgIpc) is 3.15. The molecule has 0 radical (unpaired) electrons. The Bertz CT molecular complexity index is 991. The van der Waals surface area contributed by atoms with Gasteiger partial charge >= 0.3 is 0 Å². The highest BCUT2D eigenvalue weighted by atomic mass is 32.2. The smallest absolute Gasteiger partial charge is 0.218 e. The minimum Gasteiger partial charge on any atom is -0.381 e. The average molecular weight is 408 g/mol. The van der Waals surface area contributed by atoms with Crippen LogP contribution in [0.15, 0.2) is 70.7 Å². The molecule has 150 valence electrons. The van der Waals surface area contributed by atoms with E-state index < -0.39 is 0 Å². The third-order valence-corrected chi connectivity index (χ3v) is 6.58. The summed E-state index contributed by atoms with van der Waals surface area (Å²) in [4.78, 5) is 18.3. The lowest BCUT2D eigenvalue weighted by Crippen LogP contribution is -2.37. The van der Waals surface area contributed by atoms with Crippen LogP contribution < -0.4 is 5.73 Å². The second-order valence-corrected chi connectivity index (χ2v) is 8.65. The van der Waals surface area contributed by atoms with Gasteiger partial charge in [0.1, 0.15) is 5.82 Å². The van der Waals surface area contributed by atoms with Gasteiger partial charge in [-0.2, -0.15) is 0 Å². The third-order valence-electron chi connectivity index (χ3n) is 5.59. The van der Waals surface area contributed by atoms with Crippen molar-refractivity contribution < 1.29 is 9.53 Å². The Morgan fingerprint density at radius 3 is 2.59 bits per heavy atom. The van der Waals surface area contributed by atoms with Crippen molar-refractivity contribution in [2.45, 2.75) is 41.4 Å². The van der Waals surface area contributed by atoms with Gasteiger partial charge in [0.15, 0.2) is 0 Å². The van der Waals surface area contributed by atoms with Crippen molar-refractivity contribution in [2.75, 3.05) is 13.2 Å². The van der Waals surface area contributed by atoms with Gasteiger partial charge in [-0.1, -0.05) is 23.9 Å². The highest BCUT2D eigenvalue weighted by Crippen LogP contribution is 2.40. The maximum atomic E-state index is 11.7. The van der Waals surface area contributed by atoms with Crippen LogP contribution in [0.4, 0.5) is 0 Å². The first kappa shape index (κ1) is 19.7. The Kier molecular flexibility index (Phi) is 5.74. The zero-order valence-corrected chi connectivity index (χ0v) is 17.3. The molecule has 1 aliphatic rings. The molecule has 1 aliphatic heterocycles. The number of hydrogen-bond donors (Lipinski definition) is 1. The van der Waals surface area contributed by atoms with Gasteiger partial charge in [-0.3, -0.25) is 4.79 Å². The maximum Gasteiger partial charge on any atom is 0.218 e. The topological polar surface area (TPSA) is 70.1 Å². The van der Waals surface area contributed by atoms with Crippen molar-refractivity contribution in [3.63, 3.8) is 0 Å². The Labute approximate surface area is 175 Å². The molecule has 1 aromatic heterocycles. The van der Waals surface area contributed by atoms with Crippen molar-refractivity contribution in [2.24, 2.45) is 5.73 Å². The number of aromatic nitrogens is 2. The van der Waals surface area contributed by atoms with Gasteiger partial charge in [-0.05, 0) is 61.7 Å². The highest BCUT2D eigenvalue weighted by Gasteiger charge is 2.36. The Hall–Kier alpha value is -2.57. The number of primary amides is 1. The number of amides is 1. The van der Waals surface area contributed by atoms with Gasteiger partial charge in [0, 0.05) is 52.9 Å². The Morgan fingerprint density at radius 2 is 1.93 bits per heavy atom. The van der Waals surface area contributed by atoms with E-state index in [9.17, 15) is 4.79 Å².